The third-order valence-corrected chi connectivity index (χ3v) is 3.85. The Kier molecular flexibility index (Phi) is 3.09. The molecule has 2 N–H and O–H groups in total. The maximum Gasteiger partial charge on any atom is 0.283 e. The zero-order valence-corrected chi connectivity index (χ0v) is 10.7. The Morgan fingerprint density at radius 3 is 2.67 bits per heavy atom. The number of anilines is 1. The van der Waals surface area contributed by atoms with Crippen LogP contribution in [0.5, 0.6) is 0 Å². The molecular formula is C8H8ClN5O3S. The van der Waals surface area contributed by atoms with Crippen molar-refractivity contribution in [3.05, 3.63) is 34.0 Å². The fraction of sp³-hybridized carbons (Fsp3) is 0.125. The molecular weight excluding hydrogens is 282 g/mol. The van der Waals surface area contributed by atoms with Crippen LogP contribution < -0.4 is 10.3 Å². The Morgan fingerprint density at radius 2 is 2.17 bits per heavy atom. The molecule has 0 unspecified atom stereocenters. The molecule has 0 atom stereocenters. The van der Waals surface area contributed by atoms with E-state index in [2.05, 4.69) is 19.9 Å². The second-order valence-electron chi connectivity index (χ2n) is 3.36. The van der Waals surface area contributed by atoms with E-state index in [1.54, 1.807) is 7.05 Å². The lowest BCUT2D eigenvalue weighted by Gasteiger charge is -2.04. The topological polar surface area (TPSA) is 110 Å². The predicted octanol–water partition coefficient (Wildman–Crippen LogP) is -0.0424. The first-order valence-corrected chi connectivity index (χ1v) is 6.51. The first-order valence-electron chi connectivity index (χ1n) is 4.65. The maximum absolute atomic E-state index is 11.9. The minimum absolute atomic E-state index is 0.0214. The molecule has 0 aromatic carbocycles. The summed E-state index contributed by atoms with van der Waals surface area (Å²) < 4.78 is 27.3. The molecule has 18 heavy (non-hydrogen) atoms. The molecule has 0 aliphatic heterocycles. The molecule has 0 radical (unpaired) electrons. The highest BCUT2D eigenvalue weighted by Gasteiger charge is 2.22. The summed E-state index contributed by atoms with van der Waals surface area (Å²) in [6, 6.07) is 2.37. The number of H-pyrrole nitrogens is 1. The molecule has 2 heterocycles. The molecule has 10 heteroatoms. The fourth-order valence-electron chi connectivity index (χ4n) is 1.16. The highest BCUT2D eigenvalue weighted by molar-refractivity contribution is 7.92. The first-order chi connectivity index (χ1) is 8.40. The zero-order chi connectivity index (χ0) is 13.3. The quantitative estimate of drug-likeness (QED) is 0.824. The molecule has 0 saturated carbocycles. The Hall–Kier alpha value is -1.87. The van der Waals surface area contributed by atoms with Gasteiger partial charge in [0, 0.05) is 13.1 Å². The van der Waals surface area contributed by atoms with Gasteiger partial charge in [0.15, 0.2) is 5.82 Å². The van der Waals surface area contributed by atoms with Gasteiger partial charge in [0.25, 0.3) is 15.6 Å². The van der Waals surface area contributed by atoms with Gasteiger partial charge in [0.2, 0.25) is 5.03 Å². The summed E-state index contributed by atoms with van der Waals surface area (Å²) in [4.78, 5) is 14.5. The molecule has 2 aromatic heterocycles. The van der Waals surface area contributed by atoms with Gasteiger partial charge in [-0.05, 0) is 6.07 Å². The second-order valence-corrected chi connectivity index (χ2v) is 5.32. The molecule has 96 valence electrons. The van der Waals surface area contributed by atoms with E-state index >= 15 is 0 Å². The summed E-state index contributed by atoms with van der Waals surface area (Å²) >= 11 is 5.79. The maximum atomic E-state index is 11.9. The van der Waals surface area contributed by atoms with Crippen molar-refractivity contribution in [2.75, 3.05) is 4.72 Å². The lowest BCUT2D eigenvalue weighted by molar-refractivity contribution is 0.598. The predicted molar refractivity (Wildman–Crippen MR) is 63.9 cm³/mol. The number of aromatic nitrogens is 4. The Bertz CT molecular complexity index is 715. The molecule has 0 amide bonds. The number of halogens is 1. The monoisotopic (exact) mass is 289 g/mol. The largest absolute Gasteiger partial charge is 0.324 e. The Labute approximate surface area is 107 Å². The molecule has 0 saturated heterocycles. The van der Waals surface area contributed by atoms with Crippen LogP contribution in [0.4, 0.5) is 5.82 Å². The van der Waals surface area contributed by atoms with Crippen LogP contribution in [-0.4, -0.2) is 28.2 Å². The Morgan fingerprint density at radius 1 is 1.44 bits per heavy atom. The summed E-state index contributed by atoms with van der Waals surface area (Å²) in [5.74, 6) is -0.0312. The summed E-state index contributed by atoms with van der Waals surface area (Å²) in [6.45, 7) is 0. The van der Waals surface area contributed by atoms with Gasteiger partial charge in [-0.15, -0.1) is 0 Å². The number of nitrogens with zero attached hydrogens (tertiary/aromatic N) is 3. The number of hydrogen-bond acceptors (Lipinski definition) is 5. The molecule has 0 fully saturated rings. The minimum atomic E-state index is -3.93. The number of sulfonamides is 1. The van der Waals surface area contributed by atoms with Crippen molar-refractivity contribution < 1.29 is 8.42 Å². The van der Waals surface area contributed by atoms with Crippen molar-refractivity contribution >= 4 is 27.4 Å². The van der Waals surface area contributed by atoms with E-state index in [1.807, 2.05) is 0 Å². The van der Waals surface area contributed by atoms with Gasteiger partial charge in [-0.1, -0.05) is 11.6 Å². The van der Waals surface area contributed by atoms with Crippen molar-refractivity contribution in [1.29, 1.82) is 0 Å². The number of rotatable bonds is 3. The van der Waals surface area contributed by atoms with E-state index in [9.17, 15) is 13.2 Å². The number of imidazole rings is 1. The highest BCUT2D eigenvalue weighted by atomic mass is 35.5. The number of nitrogens with one attached hydrogen (secondary N) is 2. The molecule has 8 nitrogen and oxygen atoms in total. The average molecular weight is 290 g/mol. The lowest BCUT2D eigenvalue weighted by atomic mass is 10.5. The first kappa shape index (κ1) is 12.6. The smallest absolute Gasteiger partial charge is 0.283 e. The molecule has 2 rings (SSSR count). The average Bonchev–Trinajstić information content (AvgIpc) is 2.63. The molecule has 0 bridgehead atoms. The van der Waals surface area contributed by atoms with Crippen LogP contribution in [0.2, 0.25) is 5.15 Å². The van der Waals surface area contributed by atoms with E-state index in [4.69, 9.17) is 11.6 Å². The van der Waals surface area contributed by atoms with Gasteiger partial charge in [-0.3, -0.25) is 9.52 Å². The van der Waals surface area contributed by atoms with Gasteiger partial charge in [0.1, 0.15) is 5.15 Å². The zero-order valence-electron chi connectivity index (χ0n) is 9.08. The van der Waals surface area contributed by atoms with Crippen LogP contribution >= 0.6 is 11.6 Å². The van der Waals surface area contributed by atoms with E-state index in [0.29, 0.717) is 0 Å². The second kappa shape index (κ2) is 4.42. The van der Waals surface area contributed by atoms with Gasteiger partial charge >= 0.3 is 0 Å². The number of hydrogen-bond donors (Lipinski definition) is 2. The van der Waals surface area contributed by atoms with E-state index in [0.717, 1.165) is 6.07 Å². The summed E-state index contributed by atoms with van der Waals surface area (Å²) in [6.07, 6.45) is 1.27. The van der Waals surface area contributed by atoms with Crippen LogP contribution in [0.1, 0.15) is 0 Å². The van der Waals surface area contributed by atoms with E-state index in [-0.39, 0.29) is 16.0 Å². The van der Waals surface area contributed by atoms with Crippen molar-refractivity contribution in [2.24, 2.45) is 7.05 Å². The van der Waals surface area contributed by atoms with Gasteiger partial charge < -0.3 is 4.57 Å². The summed E-state index contributed by atoms with van der Waals surface area (Å²) in [7, 11) is -2.37. The lowest BCUT2D eigenvalue weighted by Crippen LogP contribution is -2.17. The number of aryl methyl sites for hydroxylation is 1. The molecule has 0 aliphatic rings. The molecule has 0 spiro atoms. The van der Waals surface area contributed by atoms with Crippen molar-refractivity contribution in [3.8, 4) is 0 Å². The summed E-state index contributed by atoms with van der Waals surface area (Å²) in [5, 5.41) is 5.30. The van der Waals surface area contributed by atoms with Gasteiger partial charge in [-0.2, -0.15) is 13.5 Å². The van der Waals surface area contributed by atoms with Gasteiger partial charge in [0.05, 0.1) is 6.33 Å². The standard InChI is InChI=1S/C8H8ClN5O3S/c1-14-4-10-8(7(14)9)18(16,17)13-5-2-3-6(15)12-11-5/h2-4H,1H3,(H,11,13)(H,12,15). The fourth-order valence-corrected chi connectivity index (χ4v) is 2.60. The third-order valence-electron chi connectivity index (χ3n) is 2.01. The van der Waals surface area contributed by atoms with Gasteiger partial charge in [-0.25, -0.2) is 10.1 Å². The van der Waals surface area contributed by atoms with Crippen LogP contribution in [0.15, 0.2) is 28.3 Å². The highest BCUT2D eigenvalue weighted by Crippen LogP contribution is 2.20. The van der Waals surface area contributed by atoms with Crippen LogP contribution in [0.25, 0.3) is 0 Å². The normalized spacial score (nSPS) is 11.4. The molecule has 2 aromatic rings. The van der Waals surface area contributed by atoms with E-state index in [1.165, 1.54) is 17.0 Å². The third kappa shape index (κ3) is 2.36. The van der Waals surface area contributed by atoms with E-state index < -0.39 is 15.6 Å². The van der Waals surface area contributed by atoms with Crippen LogP contribution in [-0.2, 0) is 17.1 Å². The number of aromatic amines is 1. The van der Waals surface area contributed by atoms with Crippen molar-refractivity contribution in [3.63, 3.8) is 0 Å². The van der Waals surface area contributed by atoms with Crippen LogP contribution in [0, 0.1) is 0 Å². The van der Waals surface area contributed by atoms with Crippen molar-refractivity contribution in [2.45, 2.75) is 5.03 Å². The van der Waals surface area contributed by atoms with Crippen molar-refractivity contribution in [1.82, 2.24) is 19.7 Å². The molecule has 0 aliphatic carbocycles. The SMILES string of the molecule is Cn1cnc(S(=O)(=O)Nc2ccc(=O)[nH]n2)c1Cl. The van der Waals surface area contributed by atoms with Crippen LogP contribution in [0.3, 0.4) is 0 Å². The minimum Gasteiger partial charge on any atom is -0.324 e. The summed E-state index contributed by atoms with van der Waals surface area (Å²) in [5.41, 5.74) is -0.436. The Balaban J connectivity index is 2.36.